The number of benzene rings is 3. The van der Waals surface area contributed by atoms with E-state index in [-0.39, 0.29) is 22.1 Å². The molecule has 1 amide bonds. The van der Waals surface area contributed by atoms with Gasteiger partial charge in [0, 0.05) is 11.6 Å². The predicted octanol–water partition coefficient (Wildman–Crippen LogP) is 5.30. The molecule has 0 spiro atoms. The number of hydrogen-bond acceptors (Lipinski definition) is 3. The molecular weight excluding hydrogens is 432 g/mol. The Morgan fingerprint density at radius 3 is 2.10 bits per heavy atom. The smallest absolute Gasteiger partial charge is 0.262 e. The van der Waals surface area contributed by atoms with Crippen LogP contribution in [0.5, 0.6) is 0 Å². The molecule has 0 saturated heterocycles. The van der Waals surface area contributed by atoms with Crippen molar-refractivity contribution in [2.75, 3.05) is 4.72 Å². The largest absolute Gasteiger partial charge is 0.348 e. The van der Waals surface area contributed by atoms with Gasteiger partial charge in [0.25, 0.3) is 15.9 Å². The summed E-state index contributed by atoms with van der Waals surface area (Å²) < 4.78 is 29.2. The van der Waals surface area contributed by atoms with Crippen molar-refractivity contribution in [2.24, 2.45) is 0 Å². The van der Waals surface area contributed by atoms with E-state index < -0.39 is 10.0 Å². The minimum absolute atomic E-state index is 0.231. The summed E-state index contributed by atoms with van der Waals surface area (Å²) >= 11 is 5.89. The molecule has 0 radical (unpaired) electrons. The second kappa shape index (κ2) is 9.12. The molecule has 31 heavy (non-hydrogen) atoms. The Hall–Kier alpha value is -2.83. The van der Waals surface area contributed by atoms with Gasteiger partial charge in [-0.3, -0.25) is 9.52 Å². The molecule has 0 aliphatic rings. The molecule has 0 heterocycles. The molecule has 5 nitrogen and oxygen atoms in total. The zero-order chi connectivity index (χ0) is 22.8. The first kappa shape index (κ1) is 22.8. The highest BCUT2D eigenvalue weighted by Crippen LogP contribution is 2.28. The maximum absolute atomic E-state index is 13.3. The monoisotopic (exact) mass is 456 g/mol. The number of amides is 1. The van der Waals surface area contributed by atoms with Crippen LogP contribution in [-0.2, 0) is 16.6 Å². The summed E-state index contributed by atoms with van der Waals surface area (Å²) in [6, 6.07) is 15.7. The molecule has 0 atom stereocenters. The zero-order valence-electron chi connectivity index (χ0n) is 17.9. The van der Waals surface area contributed by atoms with Crippen LogP contribution in [0.25, 0.3) is 0 Å². The van der Waals surface area contributed by atoms with Crippen molar-refractivity contribution in [3.05, 3.63) is 93.0 Å². The van der Waals surface area contributed by atoms with Crippen molar-refractivity contribution < 1.29 is 13.2 Å². The van der Waals surface area contributed by atoms with Crippen LogP contribution >= 0.6 is 11.6 Å². The Kier molecular flexibility index (Phi) is 6.72. The molecule has 0 aromatic heterocycles. The van der Waals surface area contributed by atoms with E-state index >= 15 is 0 Å². The highest BCUT2D eigenvalue weighted by Gasteiger charge is 2.24. The molecule has 2 N–H and O–H groups in total. The van der Waals surface area contributed by atoms with Crippen molar-refractivity contribution in [3.63, 3.8) is 0 Å². The average molecular weight is 457 g/mol. The first-order chi connectivity index (χ1) is 14.6. The lowest BCUT2D eigenvalue weighted by Crippen LogP contribution is -2.25. The van der Waals surface area contributed by atoms with Gasteiger partial charge in [0.15, 0.2) is 0 Å². The third kappa shape index (κ3) is 5.09. The molecule has 0 aliphatic carbocycles. The number of hydrogen-bond donors (Lipinski definition) is 2. The van der Waals surface area contributed by atoms with E-state index in [9.17, 15) is 13.2 Å². The number of anilines is 1. The first-order valence-electron chi connectivity index (χ1n) is 9.82. The normalized spacial score (nSPS) is 11.3. The lowest BCUT2D eigenvalue weighted by atomic mass is 10.0. The van der Waals surface area contributed by atoms with Gasteiger partial charge in [-0.1, -0.05) is 41.9 Å². The predicted molar refractivity (Wildman–Crippen MR) is 125 cm³/mol. The lowest BCUT2D eigenvalue weighted by Gasteiger charge is -2.18. The number of nitrogens with one attached hydrogen (secondary N) is 2. The molecule has 7 heteroatoms. The number of rotatable bonds is 6. The Morgan fingerprint density at radius 1 is 0.903 bits per heavy atom. The Balaban J connectivity index is 1.88. The van der Waals surface area contributed by atoms with E-state index in [1.54, 1.807) is 50.2 Å². The van der Waals surface area contributed by atoms with Gasteiger partial charge in [-0.15, -0.1) is 0 Å². The third-order valence-electron chi connectivity index (χ3n) is 5.35. The molecule has 0 unspecified atom stereocenters. The van der Waals surface area contributed by atoms with E-state index in [4.69, 9.17) is 11.6 Å². The second-order valence-electron chi connectivity index (χ2n) is 7.55. The minimum atomic E-state index is -3.89. The Morgan fingerprint density at radius 2 is 1.48 bits per heavy atom. The topological polar surface area (TPSA) is 75.3 Å². The summed E-state index contributed by atoms with van der Waals surface area (Å²) in [4.78, 5) is 13.0. The van der Waals surface area contributed by atoms with Gasteiger partial charge < -0.3 is 5.32 Å². The van der Waals surface area contributed by atoms with Gasteiger partial charge in [0.05, 0.1) is 16.1 Å². The van der Waals surface area contributed by atoms with E-state index in [0.717, 1.165) is 16.7 Å². The van der Waals surface area contributed by atoms with Gasteiger partial charge in [-0.2, -0.15) is 0 Å². The van der Waals surface area contributed by atoms with Gasteiger partial charge in [-0.25, -0.2) is 8.42 Å². The standard InChI is InChI=1S/C24H25ClN2O3S/c1-15-13-16(2)18(4)23(17(15)3)31(29,30)27-22-8-6-5-7-21(22)24(28)26-14-19-9-11-20(25)12-10-19/h5-13,27H,14H2,1-4H3,(H,26,28). The van der Waals surface area contributed by atoms with Gasteiger partial charge in [0.2, 0.25) is 0 Å². The van der Waals surface area contributed by atoms with Crippen LogP contribution in [-0.4, -0.2) is 14.3 Å². The maximum Gasteiger partial charge on any atom is 0.262 e. The van der Waals surface area contributed by atoms with Crippen molar-refractivity contribution >= 4 is 33.2 Å². The fraction of sp³-hybridized carbons (Fsp3) is 0.208. The fourth-order valence-corrected chi connectivity index (χ4v) is 5.25. The van der Waals surface area contributed by atoms with Gasteiger partial charge in [0.1, 0.15) is 0 Å². The number of halogens is 1. The number of carbonyl (C=O) groups is 1. The van der Waals surface area contributed by atoms with Gasteiger partial charge >= 0.3 is 0 Å². The summed E-state index contributed by atoms with van der Waals surface area (Å²) in [5.41, 5.74) is 4.56. The first-order valence-corrected chi connectivity index (χ1v) is 11.7. The molecule has 3 aromatic carbocycles. The maximum atomic E-state index is 13.3. The molecular formula is C24H25ClN2O3S. The summed E-state index contributed by atoms with van der Waals surface area (Å²) in [5, 5.41) is 3.44. The molecule has 3 rings (SSSR count). The van der Waals surface area contributed by atoms with E-state index in [0.29, 0.717) is 22.7 Å². The molecule has 0 aliphatic heterocycles. The Labute approximate surface area is 188 Å². The quantitative estimate of drug-likeness (QED) is 0.528. The molecule has 0 saturated carbocycles. The van der Waals surface area contributed by atoms with Crippen LogP contribution in [0.3, 0.4) is 0 Å². The third-order valence-corrected chi connectivity index (χ3v) is 7.24. The van der Waals surface area contributed by atoms with Crippen LogP contribution < -0.4 is 10.0 Å². The van der Waals surface area contributed by atoms with Crippen molar-refractivity contribution in [2.45, 2.75) is 39.1 Å². The SMILES string of the molecule is Cc1cc(C)c(C)c(S(=O)(=O)Nc2ccccc2C(=O)NCc2ccc(Cl)cc2)c1C. The number of sulfonamides is 1. The van der Waals surface area contributed by atoms with Crippen molar-refractivity contribution in [1.29, 1.82) is 0 Å². The van der Waals surface area contributed by atoms with Gasteiger partial charge in [-0.05, 0) is 79.8 Å². The van der Waals surface area contributed by atoms with Crippen molar-refractivity contribution in [3.8, 4) is 0 Å². The van der Waals surface area contributed by atoms with Crippen LogP contribution in [0, 0.1) is 27.7 Å². The molecule has 0 fully saturated rings. The molecule has 0 bridgehead atoms. The van der Waals surface area contributed by atoms with Crippen LogP contribution in [0.15, 0.2) is 59.5 Å². The van der Waals surface area contributed by atoms with Crippen LogP contribution in [0.1, 0.15) is 38.2 Å². The molecule has 3 aromatic rings. The summed E-state index contributed by atoms with van der Waals surface area (Å²) in [6.45, 7) is 7.66. The summed E-state index contributed by atoms with van der Waals surface area (Å²) in [7, 11) is -3.89. The van der Waals surface area contributed by atoms with Crippen LogP contribution in [0.4, 0.5) is 5.69 Å². The van der Waals surface area contributed by atoms with E-state index in [1.165, 1.54) is 0 Å². The van der Waals surface area contributed by atoms with E-state index in [1.807, 2.05) is 32.0 Å². The van der Waals surface area contributed by atoms with Crippen molar-refractivity contribution in [1.82, 2.24) is 5.32 Å². The molecule has 162 valence electrons. The summed E-state index contributed by atoms with van der Waals surface area (Å²) in [5.74, 6) is -0.373. The van der Waals surface area contributed by atoms with E-state index in [2.05, 4.69) is 10.0 Å². The summed E-state index contributed by atoms with van der Waals surface area (Å²) in [6.07, 6.45) is 0. The average Bonchev–Trinajstić information content (AvgIpc) is 2.72. The minimum Gasteiger partial charge on any atom is -0.348 e. The highest BCUT2D eigenvalue weighted by atomic mass is 35.5. The number of aryl methyl sites for hydroxylation is 2. The number of carbonyl (C=O) groups excluding carboxylic acids is 1. The number of para-hydroxylation sites is 1. The lowest BCUT2D eigenvalue weighted by molar-refractivity contribution is 0.0952. The second-order valence-corrected chi connectivity index (χ2v) is 9.61. The van der Waals surface area contributed by atoms with Crippen LogP contribution in [0.2, 0.25) is 5.02 Å². The zero-order valence-corrected chi connectivity index (χ0v) is 19.5. The highest BCUT2D eigenvalue weighted by molar-refractivity contribution is 7.92. The fourth-order valence-electron chi connectivity index (χ4n) is 3.43. The Bertz CT molecular complexity index is 1210.